The average Bonchev–Trinajstić information content (AvgIpc) is 2.25. The van der Waals surface area contributed by atoms with E-state index in [1.807, 2.05) is 12.1 Å². The summed E-state index contributed by atoms with van der Waals surface area (Å²) >= 11 is 0. The van der Waals surface area contributed by atoms with Crippen LogP contribution >= 0.6 is 0 Å². The van der Waals surface area contributed by atoms with Gasteiger partial charge in [0, 0.05) is 18.3 Å². The number of carbonyl (C=O) groups is 1. The van der Waals surface area contributed by atoms with Crippen LogP contribution in [0, 0.1) is 0 Å². The highest BCUT2D eigenvalue weighted by molar-refractivity contribution is 5.65. The molecule has 1 aromatic heterocycles. The van der Waals surface area contributed by atoms with Crippen molar-refractivity contribution in [2.45, 2.75) is 44.8 Å². The second-order valence-corrected chi connectivity index (χ2v) is 5.02. The predicted molar refractivity (Wildman–Crippen MR) is 68.0 cm³/mol. The minimum absolute atomic E-state index is 0.159. The van der Waals surface area contributed by atoms with Gasteiger partial charge >= 0.3 is 6.09 Å². The third-order valence-corrected chi connectivity index (χ3v) is 2.78. The summed E-state index contributed by atoms with van der Waals surface area (Å²) in [5, 5.41) is 9.86. The number of amides is 1. The van der Waals surface area contributed by atoms with E-state index in [-0.39, 0.29) is 5.92 Å². The zero-order valence-corrected chi connectivity index (χ0v) is 11.0. The Bertz CT molecular complexity index is 390. The van der Waals surface area contributed by atoms with Gasteiger partial charge in [-0.3, -0.25) is 4.98 Å². The third-order valence-electron chi connectivity index (χ3n) is 2.78. The quantitative estimate of drug-likeness (QED) is 0.836. The molecule has 5 nitrogen and oxygen atoms in total. The second-order valence-electron chi connectivity index (χ2n) is 5.02. The highest BCUT2D eigenvalue weighted by Crippen LogP contribution is 2.30. The number of carbonyl (C=O) groups excluding carboxylic acids is 1. The summed E-state index contributed by atoms with van der Waals surface area (Å²) in [6, 6.07) is 3.71. The van der Waals surface area contributed by atoms with Crippen LogP contribution in [0.2, 0.25) is 0 Å². The van der Waals surface area contributed by atoms with E-state index in [1.54, 1.807) is 33.2 Å². The fraction of sp³-hybridized carbons (Fsp3) is 0.538. The lowest BCUT2D eigenvalue weighted by Gasteiger charge is -2.30. The first-order valence-corrected chi connectivity index (χ1v) is 5.88. The molecular weight excluding hydrogens is 232 g/mol. The molecule has 1 aromatic rings. The summed E-state index contributed by atoms with van der Waals surface area (Å²) in [6.07, 6.45) is 2.48. The van der Waals surface area contributed by atoms with Crippen LogP contribution in [-0.2, 0) is 4.74 Å². The largest absolute Gasteiger partial charge is 0.444 e. The molecule has 0 aromatic carbocycles. The summed E-state index contributed by atoms with van der Waals surface area (Å²) in [5.74, 6) is -0.159. The number of hydrogen-bond acceptors (Lipinski definition) is 4. The van der Waals surface area contributed by atoms with Crippen molar-refractivity contribution in [1.29, 1.82) is 0 Å². The molecule has 1 amide bonds. The van der Waals surface area contributed by atoms with Crippen molar-refractivity contribution in [2.75, 3.05) is 0 Å². The molecule has 100 valence electrons. The SMILES string of the molecule is C[C@@H](O)C(CC(C)(C)OC(N)=O)c1cccnc1. The van der Waals surface area contributed by atoms with Crippen LogP contribution in [0.1, 0.15) is 38.7 Å². The highest BCUT2D eigenvalue weighted by atomic mass is 16.6. The van der Waals surface area contributed by atoms with Gasteiger partial charge in [0.15, 0.2) is 0 Å². The third kappa shape index (κ3) is 4.33. The average molecular weight is 252 g/mol. The number of aliphatic hydroxyl groups is 1. The number of pyridine rings is 1. The molecule has 0 bridgehead atoms. The van der Waals surface area contributed by atoms with Crippen LogP contribution in [0.5, 0.6) is 0 Å². The molecular formula is C13H20N2O3. The van der Waals surface area contributed by atoms with E-state index >= 15 is 0 Å². The Kier molecular flexibility index (Phi) is 4.67. The van der Waals surface area contributed by atoms with Crippen molar-refractivity contribution in [3.05, 3.63) is 30.1 Å². The fourth-order valence-electron chi connectivity index (χ4n) is 2.01. The van der Waals surface area contributed by atoms with Crippen LogP contribution in [0.3, 0.4) is 0 Å². The van der Waals surface area contributed by atoms with Gasteiger partial charge in [0.05, 0.1) is 6.10 Å². The van der Waals surface area contributed by atoms with Gasteiger partial charge in [0.1, 0.15) is 5.60 Å². The first kappa shape index (κ1) is 14.4. The number of primary amides is 1. The summed E-state index contributed by atoms with van der Waals surface area (Å²) in [5.41, 5.74) is 5.21. The van der Waals surface area contributed by atoms with Gasteiger partial charge < -0.3 is 15.6 Å². The fourth-order valence-corrected chi connectivity index (χ4v) is 2.01. The lowest BCUT2D eigenvalue weighted by atomic mass is 9.85. The molecule has 2 atom stereocenters. The van der Waals surface area contributed by atoms with Crippen LogP contribution in [0.25, 0.3) is 0 Å². The van der Waals surface area contributed by atoms with E-state index < -0.39 is 17.8 Å². The van der Waals surface area contributed by atoms with Gasteiger partial charge in [-0.15, -0.1) is 0 Å². The molecule has 0 saturated heterocycles. The van der Waals surface area contributed by atoms with E-state index in [0.717, 1.165) is 5.56 Å². The number of aliphatic hydroxyl groups excluding tert-OH is 1. The molecule has 0 radical (unpaired) electrons. The molecule has 0 fully saturated rings. The summed E-state index contributed by atoms with van der Waals surface area (Å²) < 4.78 is 5.05. The van der Waals surface area contributed by atoms with Gasteiger partial charge in [0.25, 0.3) is 0 Å². The van der Waals surface area contributed by atoms with Gasteiger partial charge in [-0.2, -0.15) is 0 Å². The molecule has 0 saturated carbocycles. The molecule has 5 heteroatoms. The predicted octanol–water partition coefficient (Wildman–Crippen LogP) is 1.81. The van der Waals surface area contributed by atoms with Crippen LogP contribution in [-0.4, -0.2) is 27.9 Å². The summed E-state index contributed by atoms with van der Waals surface area (Å²) in [4.78, 5) is 14.9. The molecule has 3 N–H and O–H groups in total. The lowest BCUT2D eigenvalue weighted by molar-refractivity contribution is 0.0192. The molecule has 1 rings (SSSR count). The Hall–Kier alpha value is -1.62. The van der Waals surface area contributed by atoms with E-state index in [2.05, 4.69) is 4.98 Å². The van der Waals surface area contributed by atoms with Crippen molar-refractivity contribution in [1.82, 2.24) is 4.98 Å². The van der Waals surface area contributed by atoms with Crippen LogP contribution in [0.15, 0.2) is 24.5 Å². The number of nitrogens with zero attached hydrogens (tertiary/aromatic N) is 1. The standard InChI is InChI=1S/C13H20N2O3/c1-9(16)11(10-5-4-6-15-8-10)7-13(2,3)18-12(14)17/h4-6,8-9,11,16H,7H2,1-3H3,(H2,14,17)/t9-,11?/m1/s1. The molecule has 0 aliphatic rings. The molecule has 18 heavy (non-hydrogen) atoms. The monoisotopic (exact) mass is 252 g/mol. The first-order chi connectivity index (χ1) is 8.32. The smallest absolute Gasteiger partial charge is 0.405 e. The van der Waals surface area contributed by atoms with Gasteiger partial charge in [-0.25, -0.2) is 4.79 Å². The summed E-state index contributed by atoms with van der Waals surface area (Å²) in [6.45, 7) is 5.24. The zero-order valence-electron chi connectivity index (χ0n) is 11.0. The Labute approximate surface area is 107 Å². The summed E-state index contributed by atoms with van der Waals surface area (Å²) in [7, 11) is 0. The maximum atomic E-state index is 10.8. The van der Waals surface area contributed by atoms with E-state index in [4.69, 9.17) is 10.5 Å². The number of nitrogens with two attached hydrogens (primary N) is 1. The molecule has 0 aliphatic heterocycles. The Morgan fingerprint density at radius 3 is 2.72 bits per heavy atom. The van der Waals surface area contributed by atoms with Gasteiger partial charge in [0.2, 0.25) is 0 Å². The molecule has 0 aliphatic carbocycles. The van der Waals surface area contributed by atoms with Crippen molar-refractivity contribution < 1.29 is 14.6 Å². The lowest BCUT2D eigenvalue weighted by Crippen LogP contribution is -2.34. The number of rotatable bonds is 5. The van der Waals surface area contributed by atoms with E-state index in [0.29, 0.717) is 6.42 Å². The number of ether oxygens (including phenoxy) is 1. The van der Waals surface area contributed by atoms with E-state index in [1.165, 1.54) is 0 Å². The minimum Gasteiger partial charge on any atom is -0.444 e. The molecule has 1 unspecified atom stereocenters. The molecule has 1 heterocycles. The number of hydrogen-bond donors (Lipinski definition) is 2. The van der Waals surface area contributed by atoms with Crippen LogP contribution < -0.4 is 5.73 Å². The first-order valence-electron chi connectivity index (χ1n) is 5.88. The van der Waals surface area contributed by atoms with Crippen molar-refractivity contribution in [2.24, 2.45) is 5.73 Å². The van der Waals surface area contributed by atoms with Crippen molar-refractivity contribution in [3.8, 4) is 0 Å². The normalized spacial score (nSPS) is 14.9. The van der Waals surface area contributed by atoms with Gasteiger partial charge in [-0.1, -0.05) is 6.07 Å². The maximum absolute atomic E-state index is 10.8. The second kappa shape index (κ2) is 5.82. The van der Waals surface area contributed by atoms with Gasteiger partial charge in [-0.05, 0) is 38.8 Å². The van der Waals surface area contributed by atoms with Crippen molar-refractivity contribution in [3.63, 3.8) is 0 Å². The van der Waals surface area contributed by atoms with Crippen LogP contribution in [0.4, 0.5) is 4.79 Å². The Morgan fingerprint density at radius 2 is 2.28 bits per heavy atom. The topological polar surface area (TPSA) is 85.4 Å². The molecule has 0 spiro atoms. The highest BCUT2D eigenvalue weighted by Gasteiger charge is 2.30. The maximum Gasteiger partial charge on any atom is 0.405 e. The zero-order chi connectivity index (χ0) is 13.8. The van der Waals surface area contributed by atoms with E-state index in [9.17, 15) is 9.90 Å². The number of aromatic nitrogens is 1. The Balaban J connectivity index is 2.85. The van der Waals surface area contributed by atoms with Crippen molar-refractivity contribution >= 4 is 6.09 Å². The Morgan fingerprint density at radius 1 is 1.61 bits per heavy atom. The minimum atomic E-state index is -0.810.